The Bertz CT molecular complexity index is 784. The molecule has 1 aliphatic heterocycles. The van der Waals surface area contributed by atoms with Crippen molar-refractivity contribution in [2.24, 2.45) is 0 Å². The molecule has 1 amide bonds. The molecule has 2 aromatic rings. The summed E-state index contributed by atoms with van der Waals surface area (Å²) < 4.78 is 16.2. The highest BCUT2D eigenvalue weighted by Crippen LogP contribution is 2.40. The highest BCUT2D eigenvalue weighted by Gasteiger charge is 2.37. The summed E-state index contributed by atoms with van der Waals surface area (Å²) in [7, 11) is 3.10. The average molecular weight is 343 g/mol. The maximum Gasteiger partial charge on any atom is 0.258 e. The van der Waals surface area contributed by atoms with Gasteiger partial charge in [-0.2, -0.15) is 4.98 Å². The summed E-state index contributed by atoms with van der Waals surface area (Å²) in [6.07, 6.45) is 3.97. The first kappa shape index (κ1) is 15.9. The zero-order chi connectivity index (χ0) is 17.4. The molecule has 4 rings (SSSR count). The smallest absolute Gasteiger partial charge is 0.258 e. The SMILES string of the molecule is COc1cccc(C(=O)N2CCCC2c2nc(C3CC3)no2)c1OC. The van der Waals surface area contributed by atoms with Crippen molar-refractivity contribution in [3.8, 4) is 11.5 Å². The van der Waals surface area contributed by atoms with Gasteiger partial charge in [0.1, 0.15) is 6.04 Å². The molecule has 2 fully saturated rings. The van der Waals surface area contributed by atoms with E-state index in [1.54, 1.807) is 30.2 Å². The molecule has 1 saturated heterocycles. The molecule has 0 N–H and O–H groups in total. The van der Waals surface area contributed by atoms with Crippen molar-refractivity contribution in [1.29, 1.82) is 0 Å². The Hall–Kier alpha value is -2.57. The maximum absolute atomic E-state index is 13.1. The number of rotatable bonds is 5. The van der Waals surface area contributed by atoms with E-state index in [1.165, 1.54) is 7.11 Å². The third-order valence-corrected chi connectivity index (χ3v) is 4.83. The Morgan fingerprint density at radius 1 is 1.24 bits per heavy atom. The Morgan fingerprint density at radius 2 is 2.08 bits per heavy atom. The molecule has 1 aromatic heterocycles. The second-order valence-corrected chi connectivity index (χ2v) is 6.46. The van der Waals surface area contributed by atoms with Gasteiger partial charge in [-0.1, -0.05) is 11.2 Å². The van der Waals surface area contributed by atoms with E-state index in [0.29, 0.717) is 35.4 Å². The predicted molar refractivity (Wildman–Crippen MR) is 88.8 cm³/mol. The van der Waals surface area contributed by atoms with Gasteiger partial charge in [0.2, 0.25) is 5.89 Å². The Balaban J connectivity index is 1.62. The number of para-hydroxylation sites is 1. The fraction of sp³-hybridized carbons (Fsp3) is 0.500. The van der Waals surface area contributed by atoms with E-state index in [1.807, 2.05) is 0 Å². The molecule has 1 saturated carbocycles. The van der Waals surface area contributed by atoms with E-state index < -0.39 is 0 Å². The highest BCUT2D eigenvalue weighted by molar-refractivity contribution is 5.98. The molecular formula is C18H21N3O4. The fourth-order valence-electron chi connectivity index (χ4n) is 3.37. The standard InChI is InChI=1S/C18H21N3O4/c1-23-14-7-3-5-12(15(14)24-2)18(22)21-10-4-6-13(21)17-19-16(20-25-17)11-8-9-11/h3,5,7,11,13H,4,6,8-10H2,1-2H3. The summed E-state index contributed by atoms with van der Waals surface area (Å²) in [4.78, 5) is 19.5. The van der Waals surface area contributed by atoms with Crippen LogP contribution >= 0.6 is 0 Å². The zero-order valence-electron chi connectivity index (χ0n) is 14.4. The summed E-state index contributed by atoms with van der Waals surface area (Å²) in [5.41, 5.74) is 0.482. The van der Waals surface area contributed by atoms with Crippen molar-refractivity contribution in [1.82, 2.24) is 15.0 Å². The molecule has 0 bridgehead atoms. The number of ether oxygens (including phenoxy) is 2. The second kappa shape index (κ2) is 6.38. The van der Waals surface area contributed by atoms with Crippen LogP contribution in [0.25, 0.3) is 0 Å². The van der Waals surface area contributed by atoms with Crippen LogP contribution in [0.2, 0.25) is 0 Å². The number of amides is 1. The van der Waals surface area contributed by atoms with Crippen LogP contribution in [0.4, 0.5) is 0 Å². The number of benzene rings is 1. The van der Waals surface area contributed by atoms with E-state index in [4.69, 9.17) is 14.0 Å². The number of carbonyl (C=O) groups excluding carboxylic acids is 1. The van der Waals surface area contributed by atoms with Crippen molar-refractivity contribution >= 4 is 5.91 Å². The quantitative estimate of drug-likeness (QED) is 0.831. The van der Waals surface area contributed by atoms with Gasteiger partial charge in [-0.15, -0.1) is 0 Å². The minimum atomic E-state index is -0.177. The summed E-state index contributed by atoms with van der Waals surface area (Å²) in [6.45, 7) is 0.658. The molecule has 2 heterocycles. The molecule has 132 valence electrons. The molecule has 1 aliphatic carbocycles. The van der Waals surface area contributed by atoms with Crippen LogP contribution in [0.15, 0.2) is 22.7 Å². The van der Waals surface area contributed by atoms with Crippen LogP contribution in [0.5, 0.6) is 11.5 Å². The molecular weight excluding hydrogens is 322 g/mol. The third-order valence-electron chi connectivity index (χ3n) is 4.83. The molecule has 1 unspecified atom stereocenters. The predicted octanol–water partition coefficient (Wildman–Crippen LogP) is 2.94. The number of nitrogens with zero attached hydrogens (tertiary/aromatic N) is 3. The third kappa shape index (κ3) is 2.83. The first-order valence-corrected chi connectivity index (χ1v) is 8.58. The lowest BCUT2D eigenvalue weighted by atomic mass is 10.1. The monoisotopic (exact) mass is 343 g/mol. The normalized spacial score (nSPS) is 19.9. The van der Waals surface area contributed by atoms with Crippen molar-refractivity contribution < 1.29 is 18.8 Å². The molecule has 7 nitrogen and oxygen atoms in total. The maximum atomic E-state index is 13.1. The van der Waals surface area contributed by atoms with Crippen LogP contribution in [0.3, 0.4) is 0 Å². The molecule has 1 atom stereocenters. The fourth-order valence-corrected chi connectivity index (χ4v) is 3.37. The lowest BCUT2D eigenvalue weighted by Gasteiger charge is -2.23. The molecule has 2 aliphatic rings. The minimum Gasteiger partial charge on any atom is -0.493 e. The van der Waals surface area contributed by atoms with E-state index in [0.717, 1.165) is 31.5 Å². The van der Waals surface area contributed by atoms with Gasteiger partial charge in [-0.25, -0.2) is 0 Å². The highest BCUT2D eigenvalue weighted by atomic mass is 16.5. The molecule has 7 heteroatoms. The Morgan fingerprint density at radius 3 is 2.80 bits per heavy atom. The summed E-state index contributed by atoms with van der Waals surface area (Å²) >= 11 is 0. The molecule has 25 heavy (non-hydrogen) atoms. The number of hydrogen-bond donors (Lipinski definition) is 0. The Kier molecular flexibility index (Phi) is 4.07. The lowest BCUT2D eigenvalue weighted by Crippen LogP contribution is -2.31. The molecule has 0 spiro atoms. The number of hydrogen-bond acceptors (Lipinski definition) is 6. The van der Waals surface area contributed by atoms with Crippen molar-refractivity contribution in [3.05, 3.63) is 35.5 Å². The van der Waals surface area contributed by atoms with E-state index in [9.17, 15) is 4.79 Å². The number of carbonyl (C=O) groups is 1. The Labute approximate surface area is 145 Å². The van der Waals surface area contributed by atoms with Crippen LogP contribution in [-0.4, -0.2) is 41.7 Å². The first-order chi connectivity index (χ1) is 12.2. The minimum absolute atomic E-state index is 0.107. The van der Waals surface area contributed by atoms with Gasteiger partial charge in [-0.05, 0) is 37.8 Å². The zero-order valence-corrected chi connectivity index (χ0v) is 14.4. The van der Waals surface area contributed by atoms with Gasteiger partial charge in [-0.3, -0.25) is 4.79 Å². The van der Waals surface area contributed by atoms with Crippen molar-refractivity contribution in [2.45, 2.75) is 37.6 Å². The lowest BCUT2D eigenvalue weighted by molar-refractivity contribution is 0.0706. The van der Waals surface area contributed by atoms with Gasteiger partial charge in [0, 0.05) is 12.5 Å². The topological polar surface area (TPSA) is 77.7 Å². The van der Waals surface area contributed by atoms with Crippen molar-refractivity contribution in [2.75, 3.05) is 20.8 Å². The van der Waals surface area contributed by atoms with Gasteiger partial charge in [0.25, 0.3) is 5.91 Å². The molecule has 1 aromatic carbocycles. The average Bonchev–Trinajstić information content (AvgIpc) is 3.18. The van der Waals surface area contributed by atoms with Crippen LogP contribution in [0.1, 0.15) is 59.7 Å². The summed E-state index contributed by atoms with van der Waals surface area (Å²) in [6, 6.07) is 5.14. The number of methoxy groups -OCH3 is 2. The second-order valence-electron chi connectivity index (χ2n) is 6.46. The number of aromatic nitrogens is 2. The number of likely N-dealkylation sites (tertiary alicyclic amines) is 1. The van der Waals surface area contributed by atoms with Crippen LogP contribution in [-0.2, 0) is 0 Å². The summed E-state index contributed by atoms with van der Waals surface area (Å²) in [5.74, 6) is 2.62. The van der Waals surface area contributed by atoms with Crippen LogP contribution in [0, 0.1) is 0 Å². The van der Waals surface area contributed by atoms with E-state index in [2.05, 4.69) is 10.1 Å². The summed E-state index contributed by atoms with van der Waals surface area (Å²) in [5, 5.41) is 4.08. The molecule has 0 radical (unpaired) electrons. The van der Waals surface area contributed by atoms with Crippen molar-refractivity contribution in [3.63, 3.8) is 0 Å². The van der Waals surface area contributed by atoms with Crippen LogP contribution < -0.4 is 9.47 Å². The van der Waals surface area contributed by atoms with Gasteiger partial charge >= 0.3 is 0 Å². The van der Waals surface area contributed by atoms with Gasteiger partial charge < -0.3 is 18.9 Å². The first-order valence-electron chi connectivity index (χ1n) is 8.58. The largest absolute Gasteiger partial charge is 0.493 e. The van der Waals surface area contributed by atoms with Gasteiger partial charge in [0.05, 0.1) is 19.8 Å². The van der Waals surface area contributed by atoms with Gasteiger partial charge in [0.15, 0.2) is 17.3 Å². The van der Waals surface area contributed by atoms with E-state index in [-0.39, 0.29) is 11.9 Å². The van der Waals surface area contributed by atoms with E-state index >= 15 is 0 Å².